The van der Waals surface area contributed by atoms with Gasteiger partial charge in [-0.25, -0.2) is 9.18 Å². The van der Waals surface area contributed by atoms with E-state index in [9.17, 15) is 39.5 Å². The maximum absolute atomic E-state index is 13.6. The zero-order valence-electron chi connectivity index (χ0n) is 24.6. The highest BCUT2D eigenvalue weighted by atomic mass is 32.2. The van der Waals surface area contributed by atoms with Crippen LogP contribution in [0.15, 0.2) is 97.3 Å². The van der Waals surface area contributed by atoms with Gasteiger partial charge in [0.1, 0.15) is 35.1 Å². The maximum atomic E-state index is 13.6. The molecule has 244 valence electrons. The van der Waals surface area contributed by atoms with Crippen LogP contribution >= 0.6 is 11.8 Å². The first-order valence-corrected chi connectivity index (χ1v) is 15.7. The molecule has 2 aliphatic heterocycles. The van der Waals surface area contributed by atoms with Crippen molar-refractivity contribution in [2.75, 3.05) is 10.7 Å². The molecular formula is C34H31FN2O9S. The molecule has 0 bridgehead atoms. The van der Waals surface area contributed by atoms with E-state index in [-0.39, 0.29) is 17.4 Å². The number of benzene rings is 3. The molecule has 2 saturated heterocycles. The van der Waals surface area contributed by atoms with Gasteiger partial charge in [0, 0.05) is 23.8 Å². The summed E-state index contributed by atoms with van der Waals surface area (Å²) >= 11 is 1.28. The lowest BCUT2D eigenvalue weighted by molar-refractivity contribution is -0.271. The van der Waals surface area contributed by atoms with Gasteiger partial charge in [0.05, 0.1) is 12.1 Å². The van der Waals surface area contributed by atoms with E-state index in [2.05, 4.69) is 4.98 Å². The van der Waals surface area contributed by atoms with E-state index in [0.717, 1.165) is 16.7 Å². The number of aromatic nitrogens is 1. The Balaban J connectivity index is 1.22. The molecule has 6 rings (SSSR count). The van der Waals surface area contributed by atoms with Crippen molar-refractivity contribution in [1.82, 2.24) is 4.98 Å². The van der Waals surface area contributed by atoms with Gasteiger partial charge in [0.25, 0.3) is 0 Å². The molecule has 1 aromatic heterocycles. The molecule has 2 aliphatic rings. The summed E-state index contributed by atoms with van der Waals surface area (Å²) in [5, 5.41) is 49.9. The van der Waals surface area contributed by atoms with E-state index in [4.69, 9.17) is 9.47 Å². The molecule has 2 fully saturated rings. The lowest BCUT2D eigenvalue weighted by Crippen LogP contribution is -2.61. The molecule has 0 radical (unpaired) electrons. The third kappa shape index (κ3) is 6.72. The first-order chi connectivity index (χ1) is 22.6. The third-order valence-corrected chi connectivity index (χ3v) is 9.49. The molecule has 0 spiro atoms. The van der Waals surface area contributed by atoms with Crippen LogP contribution in [-0.2, 0) is 14.3 Å². The largest absolute Gasteiger partial charge is 0.479 e. The fourth-order valence-electron chi connectivity index (χ4n) is 5.59. The van der Waals surface area contributed by atoms with Crippen molar-refractivity contribution in [3.63, 3.8) is 0 Å². The number of nitrogens with zero attached hydrogens (tertiary/aromatic N) is 2. The number of halogens is 1. The predicted octanol–water partition coefficient (Wildman–Crippen LogP) is 3.08. The van der Waals surface area contributed by atoms with Gasteiger partial charge in [0.2, 0.25) is 12.2 Å². The molecule has 11 nitrogen and oxygen atoms in total. The second kappa shape index (κ2) is 13.8. The fraction of sp³-hybridized carbons (Fsp3) is 0.265. The highest BCUT2D eigenvalue weighted by Crippen LogP contribution is 2.46. The summed E-state index contributed by atoms with van der Waals surface area (Å²) < 4.78 is 24.3. The Morgan fingerprint density at radius 1 is 0.936 bits per heavy atom. The van der Waals surface area contributed by atoms with Gasteiger partial charge < -0.3 is 39.9 Å². The summed E-state index contributed by atoms with van der Waals surface area (Å²) in [6, 6.07) is 22.9. The van der Waals surface area contributed by atoms with E-state index >= 15 is 0 Å². The molecule has 3 aromatic carbocycles. The van der Waals surface area contributed by atoms with Gasteiger partial charge in [-0.15, -0.1) is 11.8 Å². The third-order valence-electron chi connectivity index (χ3n) is 8.16. The predicted molar refractivity (Wildman–Crippen MR) is 169 cm³/mol. The molecule has 0 saturated carbocycles. The average molecular weight is 663 g/mol. The van der Waals surface area contributed by atoms with Crippen molar-refractivity contribution in [1.29, 1.82) is 0 Å². The number of carboxylic acid groups (broad SMARTS) is 1. The van der Waals surface area contributed by atoms with Gasteiger partial charge in [-0.05, 0) is 64.7 Å². The van der Waals surface area contributed by atoms with Gasteiger partial charge in [-0.2, -0.15) is 0 Å². The zero-order valence-corrected chi connectivity index (χ0v) is 25.4. The lowest BCUT2D eigenvalue weighted by atomic mass is 9.92. The Morgan fingerprint density at radius 3 is 2.28 bits per heavy atom. The first-order valence-electron chi connectivity index (χ1n) is 14.7. The minimum Gasteiger partial charge on any atom is -0.479 e. The highest BCUT2D eigenvalue weighted by Gasteiger charge is 2.50. The molecule has 13 heteroatoms. The minimum atomic E-state index is -1.85. The van der Waals surface area contributed by atoms with Crippen LogP contribution in [0.25, 0.3) is 11.1 Å². The molecule has 4 aromatic rings. The normalized spacial score (nSPS) is 26.4. The summed E-state index contributed by atoms with van der Waals surface area (Å²) in [6.07, 6.45) is -6.25. The summed E-state index contributed by atoms with van der Waals surface area (Å²) in [5.74, 6) is -1.74. The SMILES string of the molecule is O=C(O)[C@H]1O[C@@H](Oc2ccc([C@@H]3[C@@H](SC[C@H](O)c4ccc(F)cc4)C(=O)N3c3ccc(-c4cccnc4)cc3)cc2)[C@H](O)[C@@H](O)[C@@H]1O. The molecule has 47 heavy (non-hydrogen) atoms. The average Bonchev–Trinajstić information content (AvgIpc) is 3.08. The van der Waals surface area contributed by atoms with E-state index < -0.39 is 59.9 Å². The van der Waals surface area contributed by atoms with Crippen LogP contribution < -0.4 is 9.64 Å². The van der Waals surface area contributed by atoms with Crippen molar-refractivity contribution in [3.8, 4) is 16.9 Å². The summed E-state index contributed by atoms with van der Waals surface area (Å²) in [5.41, 5.74) is 3.77. The fourth-order valence-corrected chi connectivity index (χ4v) is 6.89. The number of aliphatic carboxylic acids is 1. The van der Waals surface area contributed by atoms with Gasteiger partial charge in [-0.1, -0.05) is 42.5 Å². The molecular weight excluding hydrogens is 631 g/mol. The molecule has 1 amide bonds. The van der Waals surface area contributed by atoms with E-state index in [1.165, 1.54) is 36.0 Å². The molecule has 0 aliphatic carbocycles. The number of ether oxygens (including phenoxy) is 2. The minimum absolute atomic E-state index is 0.160. The number of amides is 1. The number of thioether (sulfide) groups is 1. The summed E-state index contributed by atoms with van der Waals surface area (Å²) in [7, 11) is 0. The van der Waals surface area contributed by atoms with Crippen LogP contribution in [0, 0.1) is 5.82 Å². The maximum Gasteiger partial charge on any atom is 0.335 e. The second-order valence-electron chi connectivity index (χ2n) is 11.2. The lowest BCUT2D eigenvalue weighted by Gasteiger charge is -2.47. The van der Waals surface area contributed by atoms with Crippen LogP contribution in [0.1, 0.15) is 23.3 Å². The first kappa shape index (κ1) is 32.6. The number of hydrogen-bond acceptors (Lipinski definition) is 10. The van der Waals surface area contributed by atoms with Gasteiger partial charge in [0.15, 0.2) is 6.10 Å². The number of aliphatic hydroxyl groups is 4. The highest BCUT2D eigenvalue weighted by molar-refractivity contribution is 8.00. The second-order valence-corrected chi connectivity index (χ2v) is 12.4. The van der Waals surface area contributed by atoms with Crippen molar-refractivity contribution in [2.45, 2.75) is 48.1 Å². The summed E-state index contributed by atoms with van der Waals surface area (Å²) in [4.78, 5) is 30.9. The quantitative estimate of drug-likeness (QED) is 0.158. The van der Waals surface area contributed by atoms with Gasteiger partial charge >= 0.3 is 5.97 Å². The Hall–Kier alpha value is -4.37. The van der Waals surface area contributed by atoms with Crippen LogP contribution in [0.2, 0.25) is 0 Å². The molecule has 8 atom stereocenters. The number of β-lactam (4-membered cyclic amide) rings is 1. The molecule has 0 unspecified atom stereocenters. The smallest absolute Gasteiger partial charge is 0.335 e. The van der Waals surface area contributed by atoms with E-state index in [1.54, 1.807) is 41.6 Å². The van der Waals surface area contributed by atoms with Crippen LogP contribution in [0.4, 0.5) is 10.1 Å². The number of carbonyl (C=O) groups excluding carboxylic acids is 1. The van der Waals surface area contributed by atoms with Gasteiger partial charge in [-0.3, -0.25) is 9.78 Å². The number of pyridine rings is 1. The number of carboxylic acids is 1. The van der Waals surface area contributed by atoms with Crippen LogP contribution in [0.5, 0.6) is 5.75 Å². The summed E-state index contributed by atoms with van der Waals surface area (Å²) in [6.45, 7) is 0. The Labute approximate surface area is 272 Å². The standard InChI is InChI=1S/C34H31FN2O9S/c35-22-9-3-19(4-10-22)25(38)17-47-31-26(37(32(31)42)23-11-5-18(6-12-23)21-2-1-15-36-16-21)20-7-13-24(14-8-20)45-34-29(41)27(39)28(40)30(46-34)33(43)44/h1-16,25-31,34,38-41H,17H2,(H,43,44)/t25-,26+,27-,28-,29+,30-,31+,34+/m0/s1. The van der Waals surface area contributed by atoms with E-state index in [1.807, 2.05) is 36.4 Å². The number of hydrogen-bond donors (Lipinski definition) is 5. The zero-order chi connectivity index (χ0) is 33.2. The monoisotopic (exact) mass is 662 g/mol. The Kier molecular flexibility index (Phi) is 9.55. The molecule has 3 heterocycles. The number of carbonyl (C=O) groups is 2. The Morgan fingerprint density at radius 2 is 1.64 bits per heavy atom. The van der Waals surface area contributed by atoms with Crippen molar-refractivity contribution < 1.29 is 49.0 Å². The van der Waals surface area contributed by atoms with Crippen molar-refractivity contribution in [2.24, 2.45) is 0 Å². The topological polar surface area (TPSA) is 170 Å². The van der Waals surface area contributed by atoms with Crippen LogP contribution in [0.3, 0.4) is 0 Å². The number of aliphatic hydroxyl groups excluding tert-OH is 4. The molecule has 5 N–H and O–H groups in total. The number of anilines is 1. The van der Waals surface area contributed by atoms with Crippen LogP contribution in [-0.4, -0.2) is 84.1 Å². The number of rotatable bonds is 10. The Bertz CT molecular complexity index is 1700. The van der Waals surface area contributed by atoms with Crippen molar-refractivity contribution in [3.05, 3.63) is 114 Å². The van der Waals surface area contributed by atoms with E-state index in [0.29, 0.717) is 11.3 Å². The van der Waals surface area contributed by atoms with Crippen molar-refractivity contribution >= 4 is 29.3 Å².